The number of nitrogens with zero attached hydrogens (tertiary/aromatic N) is 2. The highest BCUT2D eigenvalue weighted by molar-refractivity contribution is 9.10. The average molecular weight is 371 g/mol. The van der Waals surface area contributed by atoms with Gasteiger partial charge in [0, 0.05) is 21.5 Å². The zero-order valence-corrected chi connectivity index (χ0v) is 14.7. The third-order valence-corrected chi connectivity index (χ3v) is 4.54. The summed E-state index contributed by atoms with van der Waals surface area (Å²) in [6, 6.07) is 6.21. The Kier molecular flexibility index (Phi) is 5.29. The number of benzene rings is 1. The summed E-state index contributed by atoms with van der Waals surface area (Å²) in [5, 5.41) is 7.30. The fraction of sp³-hybridized carbons (Fsp3) is 0.429. The summed E-state index contributed by atoms with van der Waals surface area (Å²) in [7, 11) is 0. The first-order valence-corrected chi connectivity index (χ1v) is 8.38. The minimum absolute atomic E-state index is 0.0612. The molecule has 21 heavy (non-hydrogen) atoms. The quantitative estimate of drug-likeness (QED) is 0.847. The standard InChI is InChI=1S/C14H19BrN4OS/c1-8(2)19-13(20)17-18-14(19)21-12-5-4-11(15)7-10(12)6-9(3)16/h4-5,7-9H,6,16H2,1-3H3,(H,17,20). The second kappa shape index (κ2) is 6.81. The maximum atomic E-state index is 11.8. The molecule has 1 aromatic carbocycles. The summed E-state index contributed by atoms with van der Waals surface area (Å²) < 4.78 is 2.67. The van der Waals surface area contributed by atoms with Crippen LogP contribution in [-0.2, 0) is 6.42 Å². The van der Waals surface area contributed by atoms with Crippen LogP contribution in [0.25, 0.3) is 0 Å². The minimum Gasteiger partial charge on any atom is -0.328 e. The largest absolute Gasteiger partial charge is 0.344 e. The van der Waals surface area contributed by atoms with Gasteiger partial charge < -0.3 is 5.73 Å². The van der Waals surface area contributed by atoms with Crippen LogP contribution >= 0.6 is 27.7 Å². The highest BCUT2D eigenvalue weighted by Crippen LogP contribution is 2.32. The van der Waals surface area contributed by atoms with Gasteiger partial charge in [-0.25, -0.2) is 9.89 Å². The number of nitrogens with one attached hydrogen (secondary N) is 1. The number of nitrogens with two attached hydrogens (primary N) is 1. The van der Waals surface area contributed by atoms with Crippen LogP contribution in [0.15, 0.2) is 37.5 Å². The molecule has 0 radical (unpaired) electrons. The molecule has 0 aliphatic carbocycles. The van der Waals surface area contributed by atoms with Crippen molar-refractivity contribution in [2.24, 2.45) is 5.73 Å². The van der Waals surface area contributed by atoms with E-state index in [-0.39, 0.29) is 17.8 Å². The third-order valence-electron chi connectivity index (χ3n) is 2.95. The van der Waals surface area contributed by atoms with Crippen LogP contribution in [0.1, 0.15) is 32.4 Å². The first-order chi connectivity index (χ1) is 9.88. The van der Waals surface area contributed by atoms with E-state index in [1.807, 2.05) is 32.9 Å². The van der Waals surface area contributed by atoms with Gasteiger partial charge in [-0.3, -0.25) is 4.57 Å². The van der Waals surface area contributed by atoms with E-state index in [1.165, 1.54) is 11.8 Å². The highest BCUT2D eigenvalue weighted by atomic mass is 79.9. The minimum atomic E-state index is -0.182. The maximum Gasteiger partial charge on any atom is 0.344 e. The van der Waals surface area contributed by atoms with Gasteiger partial charge >= 0.3 is 5.69 Å². The molecule has 0 aliphatic rings. The molecule has 2 rings (SSSR count). The number of H-pyrrole nitrogens is 1. The van der Waals surface area contributed by atoms with Gasteiger partial charge in [-0.2, -0.15) is 0 Å². The van der Waals surface area contributed by atoms with Gasteiger partial charge in [0.2, 0.25) is 0 Å². The Morgan fingerprint density at radius 3 is 2.76 bits per heavy atom. The van der Waals surface area contributed by atoms with Crippen LogP contribution in [-0.4, -0.2) is 20.8 Å². The molecule has 0 bridgehead atoms. The first kappa shape index (κ1) is 16.3. The lowest BCUT2D eigenvalue weighted by atomic mass is 10.1. The fourth-order valence-electron chi connectivity index (χ4n) is 2.07. The number of hydrogen-bond acceptors (Lipinski definition) is 4. The van der Waals surface area contributed by atoms with E-state index in [4.69, 9.17) is 5.73 Å². The van der Waals surface area contributed by atoms with E-state index in [9.17, 15) is 4.79 Å². The predicted octanol–water partition coefficient (Wildman–Crippen LogP) is 2.96. The molecule has 2 aromatic rings. The van der Waals surface area contributed by atoms with Crippen molar-refractivity contribution in [2.75, 3.05) is 0 Å². The molecule has 5 nitrogen and oxygen atoms in total. The molecule has 3 N–H and O–H groups in total. The molecule has 1 unspecified atom stereocenters. The Morgan fingerprint density at radius 2 is 2.14 bits per heavy atom. The first-order valence-electron chi connectivity index (χ1n) is 6.77. The smallest absolute Gasteiger partial charge is 0.328 e. The Bertz CT molecular complexity index is 678. The second-order valence-corrected chi connectivity index (χ2v) is 7.24. The zero-order valence-electron chi connectivity index (χ0n) is 12.3. The SMILES string of the molecule is CC(N)Cc1cc(Br)ccc1Sc1n[nH]c(=O)n1C(C)C. The molecule has 1 heterocycles. The molecule has 0 amide bonds. The van der Waals surface area contributed by atoms with Crippen molar-refractivity contribution in [3.05, 3.63) is 38.7 Å². The van der Waals surface area contributed by atoms with Crippen molar-refractivity contribution >= 4 is 27.7 Å². The molecule has 0 aliphatic heterocycles. The summed E-state index contributed by atoms with van der Waals surface area (Å²) in [6.07, 6.45) is 0.776. The van der Waals surface area contributed by atoms with Gasteiger partial charge in [0.05, 0.1) is 0 Å². The molecule has 1 aromatic heterocycles. The number of halogens is 1. The van der Waals surface area contributed by atoms with E-state index >= 15 is 0 Å². The van der Waals surface area contributed by atoms with Crippen LogP contribution in [0.4, 0.5) is 0 Å². The number of rotatable bonds is 5. The van der Waals surface area contributed by atoms with Crippen molar-refractivity contribution in [2.45, 2.75) is 49.3 Å². The third kappa shape index (κ3) is 3.99. The van der Waals surface area contributed by atoms with Crippen LogP contribution in [0.2, 0.25) is 0 Å². The number of aromatic amines is 1. The topological polar surface area (TPSA) is 76.7 Å². The normalized spacial score (nSPS) is 12.9. The molecular weight excluding hydrogens is 352 g/mol. The van der Waals surface area contributed by atoms with Crippen molar-refractivity contribution in [1.82, 2.24) is 14.8 Å². The average Bonchev–Trinajstić information content (AvgIpc) is 2.73. The molecule has 0 saturated heterocycles. The summed E-state index contributed by atoms with van der Waals surface area (Å²) in [6.45, 7) is 5.91. The Hall–Kier alpha value is -1.05. The van der Waals surface area contributed by atoms with Crippen molar-refractivity contribution in [3.8, 4) is 0 Å². The van der Waals surface area contributed by atoms with Gasteiger partial charge in [-0.1, -0.05) is 15.9 Å². The predicted molar refractivity (Wildman–Crippen MR) is 88.9 cm³/mol. The summed E-state index contributed by atoms with van der Waals surface area (Å²) in [4.78, 5) is 12.9. The molecule has 0 spiro atoms. The number of hydrogen-bond donors (Lipinski definition) is 2. The maximum absolute atomic E-state index is 11.8. The Balaban J connectivity index is 2.38. The van der Waals surface area contributed by atoms with E-state index in [2.05, 4.69) is 32.2 Å². The summed E-state index contributed by atoms with van der Waals surface area (Å²) in [5.41, 5.74) is 6.88. The zero-order chi connectivity index (χ0) is 15.6. The lowest BCUT2D eigenvalue weighted by Crippen LogP contribution is -2.19. The van der Waals surface area contributed by atoms with E-state index in [1.54, 1.807) is 4.57 Å². The lowest BCUT2D eigenvalue weighted by Gasteiger charge is -2.13. The number of aromatic nitrogens is 3. The molecular formula is C14H19BrN4OS. The van der Waals surface area contributed by atoms with Gasteiger partial charge in [-0.15, -0.1) is 5.10 Å². The summed E-state index contributed by atoms with van der Waals surface area (Å²) >= 11 is 4.97. The van der Waals surface area contributed by atoms with Gasteiger partial charge in [0.15, 0.2) is 5.16 Å². The highest BCUT2D eigenvalue weighted by Gasteiger charge is 2.15. The van der Waals surface area contributed by atoms with Crippen LogP contribution in [0.3, 0.4) is 0 Å². The van der Waals surface area contributed by atoms with Crippen LogP contribution in [0, 0.1) is 0 Å². The molecule has 0 fully saturated rings. The van der Waals surface area contributed by atoms with Crippen molar-refractivity contribution in [3.63, 3.8) is 0 Å². The van der Waals surface area contributed by atoms with Crippen molar-refractivity contribution < 1.29 is 0 Å². The van der Waals surface area contributed by atoms with Gasteiger partial charge in [0.1, 0.15) is 0 Å². The fourth-order valence-corrected chi connectivity index (χ4v) is 3.57. The molecule has 1 atom stereocenters. The Labute approximate surface area is 136 Å². The Morgan fingerprint density at radius 1 is 1.43 bits per heavy atom. The molecule has 114 valence electrons. The van der Waals surface area contributed by atoms with E-state index < -0.39 is 0 Å². The summed E-state index contributed by atoms with van der Waals surface area (Å²) in [5.74, 6) is 0. The van der Waals surface area contributed by atoms with Gasteiger partial charge in [-0.05, 0) is 62.7 Å². The van der Waals surface area contributed by atoms with Crippen molar-refractivity contribution in [1.29, 1.82) is 0 Å². The van der Waals surface area contributed by atoms with E-state index in [0.717, 1.165) is 21.4 Å². The lowest BCUT2D eigenvalue weighted by molar-refractivity contribution is 0.534. The van der Waals surface area contributed by atoms with Crippen LogP contribution < -0.4 is 11.4 Å². The van der Waals surface area contributed by atoms with Gasteiger partial charge in [0.25, 0.3) is 0 Å². The van der Waals surface area contributed by atoms with Crippen LogP contribution in [0.5, 0.6) is 0 Å². The molecule has 7 heteroatoms. The van der Waals surface area contributed by atoms with E-state index in [0.29, 0.717) is 5.16 Å². The monoisotopic (exact) mass is 370 g/mol. The second-order valence-electron chi connectivity index (χ2n) is 5.31. The molecule has 0 saturated carbocycles.